The second-order valence-electron chi connectivity index (χ2n) is 6.41. The molecule has 0 N–H and O–H groups in total. The Balaban J connectivity index is 4.96. The molecule has 0 aliphatic heterocycles. The normalized spacial score (nSPS) is 15.8. The molecule has 1 atom stereocenters. The number of allylic oxidation sites excluding steroid dienone is 1. The summed E-state index contributed by atoms with van der Waals surface area (Å²) in [5.74, 6) is -20.5. The second kappa shape index (κ2) is 11.3. The first-order chi connectivity index (χ1) is 14.7. The largest absolute Gasteiger partial charge is 0.501 e. The van der Waals surface area contributed by atoms with Crippen molar-refractivity contribution in [1.29, 1.82) is 0 Å². The van der Waals surface area contributed by atoms with Gasteiger partial charge in [-0.2, -0.15) is 57.1 Å². The number of hydrogen-bond acceptors (Lipinski definition) is 3. The highest BCUT2D eigenvalue weighted by Crippen LogP contribution is 2.53. The van der Waals surface area contributed by atoms with Crippen LogP contribution in [0.2, 0.25) is 0 Å². The predicted octanol–water partition coefficient (Wildman–Crippen LogP) is 6.73. The van der Waals surface area contributed by atoms with Crippen molar-refractivity contribution in [3.8, 4) is 0 Å². The van der Waals surface area contributed by atoms with E-state index in [0.717, 1.165) is 0 Å². The third-order valence-corrected chi connectivity index (χ3v) is 3.67. The van der Waals surface area contributed by atoms with Crippen molar-refractivity contribution in [3.63, 3.8) is 0 Å². The van der Waals surface area contributed by atoms with Crippen molar-refractivity contribution in [3.05, 3.63) is 12.3 Å². The number of ether oxygens (including phenoxy) is 3. The first-order valence-corrected chi connectivity index (χ1v) is 8.77. The molecule has 17 heteroatoms. The van der Waals surface area contributed by atoms with Crippen molar-refractivity contribution in [2.24, 2.45) is 0 Å². The summed E-state index contributed by atoms with van der Waals surface area (Å²) in [6, 6.07) is 0. The van der Waals surface area contributed by atoms with E-state index < -0.39 is 62.0 Å². The number of hydrogen-bond donors (Lipinski definition) is 0. The topological polar surface area (TPSA) is 27.7 Å². The smallest absolute Gasteiger partial charge is 0.462 e. The Bertz CT molecular complexity index is 618. The van der Waals surface area contributed by atoms with Crippen LogP contribution in [-0.4, -0.2) is 62.2 Å². The van der Waals surface area contributed by atoms with Crippen LogP contribution in [0.25, 0.3) is 0 Å². The molecular weight excluding hydrogens is 506 g/mol. The minimum Gasteiger partial charge on any atom is -0.501 e. The summed E-state index contributed by atoms with van der Waals surface area (Å²) in [6.07, 6.45) is -21.5. The summed E-state index contributed by atoms with van der Waals surface area (Å²) in [6.45, 7) is -1.98. The molecule has 1 unspecified atom stereocenters. The van der Waals surface area contributed by atoms with E-state index in [1.165, 1.54) is 12.3 Å². The first-order valence-electron chi connectivity index (χ1n) is 8.77. The van der Waals surface area contributed by atoms with Crippen molar-refractivity contribution in [2.75, 3.05) is 19.8 Å². The summed E-state index contributed by atoms with van der Waals surface area (Å²) in [5.41, 5.74) is 0. The van der Waals surface area contributed by atoms with Gasteiger partial charge in [0.15, 0.2) is 0 Å². The summed E-state index contributed by atoms with van der Waals surface area (Å²) in [5, 5.41) is 0. The molecule has 0 heterocycles. The quantitative estimate of drug-likeness (QED) is 0.135. The lowest BCUT2D eigenvalue weighted by Crippen LogP contribution is -2.63. The minimum absolute atomic E-state index is 0.0657. The van der Waals surface area contributed by atoms with E-state index >= 15 is 0 Å². The molecule has 33 heavy (non-hydrogen) atoms. The zero-order chi connectivity index (χ0) is 26.4. The van der Waals surface area contributed by atoms with Crippen LogP contribution in [0.4, 0.5) is 61.5 Å². The molecule has 0 radical (unpaired) electrons. The number of alkyl halides is 14. The van der Waals surface area contributed by atoms with E-state index in [9.17, 15) is 61.5 Å². The molecular formula is C16H18F14O3. The summed E-state index contributed by atoms with van der Waals surface area (Å²) >= 11 is 0. The lowest BCUT2D eigenvalue weighted by molar-refractivity contribution is -0.509. The Morgan fingerprint density at radius 3 is 1.73 bits per heavy atom. The van der Waals surface area contributed by atoms with Crippen LogP contribution in [0.15, 0.2) is 12.3 Å². The second-order valence-corrected chi connectivity index (χ2v) is 6.41. The molecule has 0 rings (SSSR count). The third kappa shape index (κ3) is 8.03. The molecule has 0 saturated carbocycles. The van der Waals surface area contributed by atoms with Crippen molar-refractivity contribution >= 4 is 0 Å². The van der Waals surface area contributed by atoms with Crippen molar-refractivity contribution in [2.45, 2.75) is 68.5 Å². The summed E-state index contributed by atoms with van der Waals surface area (Å²) in [7, 11) is 0. The maximum absolute atomic E-state index is 13.4. The average Bonchev–Trinajstić information content (AvgIpc) is 2.62. The molecule has 0 fully saturated rings. The molecule has 0 aromatic carbocycles. The van der Waals surface area contributed by atoms with Gasteiger partial charge in [-0.15, -0.1) is 0 Å². The Hall–Kier alpha value is -1.52. The molecule has 0 aromatic heterocycles. The van der Waals surface area contributed by atoms with Gasteiger partial charge in [-0.3, -0.25) is 0 Å². The molecule has 0 saturated heterocycles. The molecule has 0 amide bonds. The van der Waals surface area contributed by atoms with E-state index in [-0.39, 0.29) is 19.4 Å². The predicted molar refractivity (Wildman–Crippen MR) is 82.2 cm³/mol. The van der Waals surface area contributed by atoms with Gasteiger partial charge in [0.1, 0.15) is 12.8 Å². The zero-order valence-corrected chi connectivity index (χ0v) is 16.5. The lowest BCUT2D eigenvalue weighted by atomic mass is 10.1. The van der Waals surface area contributed by atoms with E-state index in [1.54, 1.807) is 11.7 Å². The van der Waals surface area contributed by atoms with Crippen LogP contribution >= 0.6 is 0 Å². The maximum atomic E-state index is 13.4. The standard InChI is InChI=1S/C16H18F14O3/c1-2-6-31-8-5-10(17)4-3-7-32-9-11(18,19)12(20,21)15(27,28)33-16(29,30)13(22,23)14(24,25)26/h2,6,10H,3-5,7-9H2,1H3. The SMILES string of the molecule is CC=COCCC(F)CCCOCC(F)(F)C(F)(F)C(F)(F)OC(F)(F)C(F)(F)C(F)(F)F. The van der Waals surface area contributed by atoms with E-state index in [1.807, 2.05) is 0 Å². The fourth-order valence-corrected chi connectivity index (χ4v) is 1.87. The van der Waals surface area contributed by atoms with Crippen molar-refractivity contribution < 1.29 is 75.7 Å². The Kier molecular flexibility index (Phi) is 10.8. The van der Waals surface area contributed by atoms with Crippen LogP contribution in [-0.2, 0) is 14.2 Å². The fraction of sp³-hybridized carbons (Fsp3) is 0.875. The lowest BCUT2D eigenvalue weighted by Gasteiger charge is -2.35. The molecule has 0 bridgehead atoms. The van der Waals surface area contributed by atoms with Crippen LogP contribution in [0.1, 0.15) is 26.2 Å². The zero-order valence-electron chi connectivity index (χ0n) is 16.5. The Labute approximate surface area is 177 Å². The number of halogens is 14. The third-order valence-electron chi connectivity index (χ3n) is 3.67. The molecule has 0 aromatic rings. The molecule has 198 valence electrons. The maximum Gasteiger partial charge on any atom is 0.462 e. The van der Waals surface area contributed by atoms with Gasteiger partial charge in [0, 0.05) is 13.0 Å². The molecule has 3 nitrogen and oxygen atoms in total. The van der Waals surface area contributed by atoms with Gasteiger partial charge >= 0.3 is 36.2 Å². The molecule has 0 aliphatic carbocycles. The average molecular weight is 524 g/mol. The fourth-order valence-electron chi connectivity index (χ4n) is 1.87. The van der Waals surface area contributed by atoms with Gasteiger partial charge in [-0.05, 0) is 19.8 Å². The van der Waals surface area contributed by atoms with Gasteiger partial charge in [-0.1, -0.05) is 6.08 Å². The van der Waals surface area contributed by atoms with Gasteiger partial charge in [0.2, 0.25) is 0 Å². The van der Waals surface area contributed by atoms with E-state index in [4.69, 9.17) is 4.74 Å². The van der Waals surface area contributed by atoms with Crippen LogP contribution < -0.4 is 0 Å². The highest BCUT2D eigenvalue weighted by atomic mass is 19.4. The highest BCUT2D eigenvalue weighted by Gasteiger charge is 2.81. The molecule has 0 aliphatic rings. The van der Waals surface area contributed by atoms with Gasteiger partial charge in [0.25, 0.3) is 0 Å². The summed E-state index contributed by atoms with van der Waals surface area (Å²) < 4.78 is 190. The monoisotopic (exact) mass is 524 g/mol. The van der Waals surface area contributed by atoms with Crippen LogP contribution in [0.3, 0.4) is 0 Å². The van der Waals surface area contributed by atoms with Gasteiger partial charge in [0.05, 0.1) is 12.9 Å². The van der Waals surface area contributed by atoms with E-state index in [0.29, 0.717) is 0 Å². The van der Waals surface area contributed by atoms with Crippen LogP contribution in [0.5, 0.6) is 0 Å². The van der Waals surface area contributed by atoms with Gasteiger partial charge < -0.3 is 9.47 Å². The minimum atomic E-state index is -7.42. The highest BCUT2D eigenvalue weighted by molar-refractivity contribution is 4.94. The number of rotatable bonds is 15. The first kappa shape index (κ1) is 31.5. The Morgan fingerprint density at radius 2 is 1.24 bits per heavy atom. The molecule has 0 spiro atoms. The van der Waals surface area contributed by atoms with Crippen molar-refractivity contribution in [1.82, 2.24) is 0 Å². The summed E-state index contributed by atoms with van der Waals surface area (Å²) in [4.78, 5) is 0. The van der Waals surface area contributed by atoms with Crippen LogP contribution in [0, 0.1) is 0 Å². The Morgan fingerprint density at radius 1 is 0.727 bits per heavy atom. The van der Waals surface area contributed by atoms with Gasteiger partial charge in [-0.25, -0.2) is 9.13 Å². The van der Waals surface area contributed by atoms with E-state index in [2.05, 4.69) is 4.74 Å².